The van der Waals surface area contributed by atoms with Crippen LogP contribution in [-0.2, 0) is 10.2 Å². The number of aliphatic hydroxyl groups is 1. The lowest BCUT2D eigenvalue weighted by Crippen LogP contribution is -2.43. The summed E-state index contributed by atoms with van der Waals surface area (Å²) in [5.74, 6) is 0.0616. The topological polar surface area (TPSA) is 49.3 Å². The summed E-state index contributed by atoms with van der Waals surface area (Å²) in [7, 11) is 0. The SMILES string of the molecule is O=C(NCC(O)c1ccc(-c2cccs2)s1)C1(c2cccs2)CCCC1. The number of hydrogen-bond donors (Lipinski definition) is 2. The number of carbonyl (C=O) groups is 1. The number of aliphatic hydroxyl groups excluding tert-OH is 1. The molecule has 0 bridgehead atoms. The maximum Gasteiger partial charge on any atom is 0.231 e. The van der Waals surface area contributed by atoms with Crippen LogP contribution in [0.4, 0.5) is 0 Å². The molecule has 4 rings (SSSR count). The van der Waals surface area contributed by atoms with Crippen molar-refractivity contribution < 1.29 is 9.90 Å². The van der Waals surface area contributed by atoms with E-state index in [9.17, 15) is 9.90 Å². The van der Waals surface area contributed by atoms with E-state index in [0.717, 1.165) is 40.3 Å². The number of thiophene rings is 3. The third-order valence-electron chi connectivity index (χ3n) is 5.06. The van der Waals surface area contributed by atoms with E-state index in [2.05, 4.69) is 22.8 Å². The van der Waals surface area contributed by atoms with Crippen LogP contribution in [0.3, 0.4) is 0 Å². The molecule has 0 spiro atoms. The van der Waals surface area contributed by atoms with Crippen molar-refractivity contribution in [2.45, 2.75) is 37.2 Å². The van der Waals surface area contributed by atoms with Crippen LogP contribution in [0.1, 0.15) is 41.5 Å². The smallest absolute Gasteiger partial charge is 0.231 e. The monoisotopic (exact) mass is 403 g/mol. The summed E-state index contributed by atoms with van der Waals surface area (Å²) in [6.45, 7) is 0.260. The van der Waals surface area contributed by atoms with Gasteiger partial charge in [-0.15, -0.1) is 34.0 Å². The Labute approximate surface area is 165 Å². The molecule has 0 aliphatic heterocycles. The Morgan fingerprint density at radius 3 is 2.54 bits per heavy atom. The molecular weight excluding hydrogens is 382 g/mol. The van der Waals surface area contributed by atoms with Gasteiger partial charge >= 0.3 is 0 Å². The number of nitrogens with one attached hydrogen (secondary N) is 1. The van der Waals surface area contributed by atoms with Crippen LogP contribution < -0.4 is 5.32 Å². The molecular formula is C20H21NO2S3. The molecule has 1 aliphatic rings. The van der Waals surface area contributed by atoms with E-state index in [-0.39, 0.29) is 12.5 Å². The molecule has 0 saturated heterocycles. The standard InChI is InChI=1S/C20H21NO2S3/c22-14(15-7-8-17(26-15)16-5-3-11-24-16)13-21-19(23)20(9-1-2-10-20)18-6-4-12-25-18/h3-8,11-12,14,22H,1-2,9-10,13H2,(H,21,23). The highest BCUT2D eigenvalue weighted by Crippen LogP contribution is 2.43. The molecule has 3 heterocycles. The molecule has 3 aromatic heterocycles. The van der Waals surface area contributed by atoms with E-state index in [1.165, 1.54) is 4.88 Å². The first-order valence-corrected chi connectivity index (χ1v) is 11.4. The predicted octanol–water partition coefficient (Wildman–Crippen LogP) is 5.20. The van der Waals surface area contributed by atoms with Crippen LogP contribution in [0.5, 0.6) is 0 Å². The Hall–Kier alpha value is -1.47. The summed E-state index contributed by atoms with van der Waals surface area (Å²) in [6, 6.07) is 12.2. The van der Waals surface area contributed by atoms with Gasteiger partial charge in [-0.2, -0.15) is 0 Å². The first kappa shape index (κ1) is 17.9. The zero-order chi connectivity index (χ0) is 18.0. The van der Waals surface area contributed by atoms with E-state index in [1.54, 1.807) is 34.0 Å². The summed E-state index contributed by atoms with van der Waals surface area (Å²) < 4.78 is 0. The lowest BCUT2D eigenvalue weighted by molar-refractivity contribution is -0.127. The van der Waals surface area contributed by atoms with Gasteiger partial charge < -0.3 is 10.4 Å². The average molecular weight is 404 g/mol. The molecule has 0 aromatic carbocycles. The lowest BCUT2D eigenvalue weighted by atomic mass is 9.83. The normalized spacial score (nSPS) is 17.3. The van der Waals surface area contributed by atoms with Gasteiger partial charge in [-0.25, -0.2) is 0 Å². The molecule has 26 heavy (non-hydrogen) atoms. The van der Waals surface area contributed by atoms with Gasteiger partial charge in [-0.05, 0) is 47.9 Å². The zero-order valence-corrected chi connectivity index (χ0v) is 16.8. The second kappa shape index (κ2) is 7.64. The van der Waals surface area contributed by atoms with Crippen LogP contribution >= 0.6 is 34.0 Å². The van der Waals surface area contributed by atoms with Crippen LogP contribution in [0.15, 0.2) is 47.2 Å². The Morgan fingerprint density at radius 2 is 1.85 bits per heavy atom. The minimum absolute atomic E-state index is 0.0616. The van der Waals surface area contributed by atoms with Crippen LogP contribution in [0.2, 0.25) is 0 Å². The molecule has 1 unspecified atom stereocenters. The van der Waals surface area contributed by atoms with Crippen LogP contribution in [0, 0.1) is 0 Å². The molecule has 1 aliphatic carbocycles. The fraction of sp³-hybridized carbons (Fsp3) is 0.350. The van der Waals surface area contributed by atoms with Gasteiger partial charge in [0.05, 0.1) is 5.41 Å². The minimum atomic E-state index is -0.667. The Balaban J connectivity index is 1.42. The van der Waals surface area contributed by atoms with Gasteiger partial charge in [0.15, 0.2) is 0 Å². The number of hydrogen-bond acceptors (Lipinski definition) is 5. The third-order valence-corrected chi connectivity index (χ3v) is 8.39. The van der Waals surface area contributed by atoms with Gasteiger partial charge in [-0.3, -0.25) is 4.79 Å². The quantitative estimate of drug-likeness (QED) is 0.594. The van der Waals surface area contributed by atoms with E-state index in [1.807, 2.05) is 29.6 Å². The van der Waals surface area contributed by atoms with Crippen molar-refractivity contribution in [1.29, 1.82) is 0 Å². The lowest BCUT2D eigenvalue weighted by Gasteiger charge is -2.27. The summed E-state index contributed by atoms with van der Waals surface area (Å²) >= 11 is 4.94. The number of carbonyl (C=O) groups excluding carboxylic acids is 1. The molecule has 1 saturated carbocycles. The second-order valence-electron chi connectivity index (χ2n) is 6.67. The van der Waals surface area contributed by atoms with Gasteiger partial charge in [0.25, 0.3) is 0 Å². The van der Waals surface area contributed by atoms with Crippen molar-refractivity contribution in [2.75, 3.05) is 6.54 Å². The van der Waals surface area contributed by atoms with Crippen molar-refractivity contribution in [3.05, 3.63) is 56.9 Å². The van der Waals surface area contributed by atoms with Crippen molar-refractivity contribution in [1.82, 2.24) is 5.32 Å². The molecule has 136 valence electrons. The van der Waals surface area contributed by atoms with E-state index in [4.69, 9.17) is 0 Å². The van der Waals surface area contributed by atoms with Crippen LogP contribution in [-0.4, -0.2) is 17.6 Å². The molecule has 3 nitrogen and oxygen atoms in total. The van der Waals surface area contributed by atoms with Gasteiger partial charge in [0, 0.05) is 26.1 Å². The average Bonchev–Trinajstić information content (AvgIpc) is 3.42. The first-order valence-electron chi connectivity index (χ1n) is 8.83. The van der Waals surface area contributed by atoms with E-state index >= 15 is 0 Å². The summed E-state index contributed by atoms with van der Waals surface area (Å²) in [5.41, 5.74) is -0.397. The number of amides is 1. The minimum Gasteiger partial charge on any atom is -0.386 e. The molecule has 2 N–H and O–H groups in total. The van der Waals surface area contributed by atoms with Crippen molar-refractivity contribution in [3.63, 3.8) is 0 Å². The maximum absolute atomic E-state index is 13.0. The fourth-order valence-electron chi connectivity index (χ4n) is 3.66. The largest absolute Gasteiger partial charge is 0.386 e. The fourth-order valence-corrected chi connectivity index (χ4v) is 6.47. The third kappa shape index (κ3) is 3.39. The second-order valence-corrected chi connectivity index (χ2v) is 9.68. The molecule has 0 radical (unpaired) electrons. The van der Waals surface area contributed by atoms with Crippen molar-refractivity contribution in [2.24, 2.45) is 0 Å². The predicted molar refractivity (Wildman–Crippen MR) is 110 cm³/mol. The zero-order valence-electron chi connectivity index (χ0n) is 14.3. The van der Waals surface area contributed by atoms with Gasteiger partial charge in [0.2, 0.25) is 5.91 Å². The highest BCUT2D eigenvalue weighted by Gasteiger charge is 2.43. The number of rotatable bonds is 6. The molecule has 3 aromatic rings. The Kier molecular flexibility index (Phi) is 5.27. The van der Waals surface area contributed by atoms with Gasteiger partial charge in [0.1, 0.15) is 6.10 Å². The molecule has 1 fully saturated rings. The summed E-state index contributed by atoms with van der Waals surface area (Å²) in [5, 5.41) is 17.7. The highest BCUT2D eigenvalue weighted by molar-refractivity contribution is 7.21. The molecule has 6 heteroatoms. The van der Waals surface area contributed by atoms with Crippen molar-refractivity contribution in [3.8, 4) is 9.75 Å². The molecule has 1 atom stereocenters. The van der Waals surface area contributed by atoms with Gasteiger partial charge in [-0.1, -0.05) is 25.0 Å². The Morgan fingerprint density at radius 1 is 1.08 bits per heavy atom. The maximum atomic E-state index is 13.0. The summed E-state index contributed by atoms with van der Waals surface area (Å²) in [4.78, 5) is 17.4. The first-order chi connectivity index (χ1) is 12.7. The van der Waals surface area contributed by atoms with Crippen molar-refractivity contribution >= 4 is 39.9 Å². The highest BCUT2D eigenvalue weighted by atomic mass is 32.1. The Bertz CT molecular complexity index is 846. The summed E-state index contributed by atoms with van der Waals surface area (Å²) in [6.07, 6.45) is 3.30. The van der Waals surface area contributed by atoms with E-state index < -0.39 is 11.5 Å². The van der Waals surface area contributed by atoms with Crippen LogP contribution in [0.25, 0.3) is 9.75 Å². The molecule has 1 amide bonds. The van der Waals surface area contributed by atoms with E-state index in [0.29, 0.717) is 0 Å².